The summed E-state index contributed by atoms with van der Waals surface area (Å²) in [5.74, 6) is 0.879. The van der Waals surface area contributed by atoms with Gasteiger partial charge in [0.15, 0.2) is 5.82 Å². The normalized spacial score (nSPS) is 17.3. The maximum absolute atomic E-state index is 4.41. The molecule has 0 radical (unpaired) electrons. The van der Waals surface area contributed by atoms with Crippen LogP contribution in [0.3, 0.4) is 0 Å². The molecule has 1 saturated heterocycles. The van der Waals surface area contributed by atoms with E-state index >= 15 is 0 Å². The van der Waals surface area contributed by atoms with E-state index in [-0.39, 0.29) is 6.04 Å². The number of piperazine rings is 1. The van der Waals surface area contributed by atoms with Crippen LogP contribution in [0.1, 0.15) is 23.0 Å². The van der Waals surface area contributed by atoms with Crippen LogP contribution < -0.4 is 0 Å². The Kier molecular flexibility index (Phi) is 4.99. The summed E-state index contributed by atoms with van der Waals surface area (Å²) in [6.07, 6.45) is 3.67. The lowest BCUT2D eigenvalue weighted by Gasteiger charge is -2.37. The molecule has 0 spiro atoms. The van der Waals surface area contributed by atoms with Crippen molar-refractivity contribution in [1.29, 1.82) is 0 Å². The summed E-state index contributed by atoms with van der Waals surface area (Å²) < 4.78 is 1.92. The van der Waals surface area contributed by atoms with E-state index in [4.69, 9.17) is 0 Å². The monoisotopic (exact) mass is 349 g/mol. The lowest BCUT2D eigenvalue weighted by molar-refractivity contribution is 0.121. The van der Waals surface area contributed by atoms with E-state index in [0.717, 1.165) is 32.0 Å². The standard InChI is InChI=1S/C19H23N7/c1-24-11-13-25(14-12-24)18(17-7-9-20-10-8-17)19-21-22-23-26(19)15-16-5-3-2-4-6-16/h2-10,18H,11-15H2,1H3. The van der Waals surface area contributed by atoms with Crippen molar-refractivity contribution in [3.05, 3.63) is 71.8 Å². The third-order valence-electron chi connectivity index (χ3n) is 4.90. The molecule has 3 aromatic rings. The van der Waals surface area contributed by atoms with Gasteiger partial charge in [-0.25, -0.2) is 4.68 Å². The van der Waals surface area contributed by atoms with Gasteiger partial charge in [0.1, 0.15) is 0 Å². The first-order valence-corrected chi connectivity index (χ1v) is 8.94. The Morgan fingerprint density at radius 3 is 2.42 bits per heavy atom. The third-order valence-corrected chi connectivity index (χ3v) is 4.90. The molecule has 2 aromatic heterocycles. The zero-order valence-corrected chi connectivity index (χ0v) is 14.9. The van der Waals surface area contributed by atoms with Gasteiger partial charge in [0, 0.05) is 38.6 Å². The minimum atomic E-state index is 0.0328. The van der Waals surface area contributed by atoms with Crippen molar-refractivity contribution in [2.24, 2.45) is 0 Å². The van der Waals surface area contributed by atoms with Gasteiger partial charge in [-0.15, -0.1) is 5.10 Å². The quantitative estimate of drug-likeness (QED) is 0.695. The van der Waals surface area contributed by atoms with Gasteiger partial charge < -0.3 is 4.90 Å². The van der Waals surface area contributed by atoms with Crippen LogP contribution in [0.4, 0.5) is 0 Å². The molecule has 3 heterocycles. The molecule has 7 heteroatoms. The molecule has 1 aromatic carbocycles. The fourth-order valence-electron chi connectivity index (χ4n) is 3.43. The van der Waals surface area contributed by atoms with Crippen LogP contribution in [0.15, 0.2) is 54.9 Å². The number of hydrogen-bond donors (Lipinski definition) is 0. The Morgan fingerprint density at radius 1 is 0.962 bits per heavy atom. The number of rotatable bonds is 5. The fourth-order valence-corrected chi connectivity index (χ4v) is 3.43. The van der Waals surface area contributed by atoms with E-state index in [1.807, 2.05) is 35.3 Å². The van der Waals surface area contributed by atoms with E-state index in [1.165, 1.54) is 11.1 Å². The van der Waals surface area contributed by atoms with Crippen LogP contribution in [0.5, 0.6) is 0 Å². The number of pyridine rings is 1. The lowest BCUT2D eigenvalue weighted by Crippen LogP contribution is -2.46. The molecule has 0 N–H and O–H groups in total. The van der Waals surface area contributed by atoms with Crippen molar-refractivity contribution >= 4 is 0 Å². The number of likely N-dealkylation sites (N-methyl/N-ethyl adjacent to an activating group) is 1. The average Bonchev–Trinajstić information content (AvgIpc) is 3.13. The molecule has 1 unspecified atom stereocenters. The van der Waals surface area contributed by atoms with Crippen molar-refractivity contribution in [2.45, 2.75) is 12.6 Å². The van der Waals surface area contributed by atoms with E-state index in [1.54, 1.807) is 0 Å². The lowest BCUT2D eigenvalue weighted by atomic mass is 10.0. The van der Waals surface area contributed by atoms with Crippen LogP contribution in [0.25, 0.3) is 0 Å². The second-order valence-corrected chi connectivity index (χ2v) is 6.70. The molecule has 0 amide bonds. The molecule has 1 aliphatic rings. The molecule has 7 nitrogen and oxygen atoms in total. The molecule has 134 valence electrons. The largest absolute Gasteiger partial charge is 0.304 e. The van der Waals surface area contributed by atoms with Gasteiger partial charge in [0.2, 0.25) is 0 Å². The molecular weight excluding hydrogens is 326 g/mol. The van der Waals surface area contributed by atoms with Crippen molar-refractivity contribution in [3.63, 3.8) is 0 Å². The van der Waals surface area contributed by atoms with Crippen molar-refractivity contribution < 1.29 is 0 Å². The predicted molar refractivity (Wildman–Crippen MR) is 98.5 cm³/mol. The number of aromatic nitrogens is 5. The molecule has 0 bridgehead atoms. The number of benzene rings is 1. The first-order valence-electron chi connectivity index (χ1n) is 8.94. The van der Waals surface area contributed by atoms with E-state index in [0.29, 0.717) is 6.54 Å². The van der Waals surface area contributed by atoms with Crippen LogP contribution in [0.2, 0.25) is 0 Å². The Labute approximate surface area is 153 Å². The second kappa shape index (κ2) is 7.72. The highest BCUT2D eigenvalue weighted by molar-refractivity contribution is 5.23. The molecule has 4 rings (SSSR count). The predicted octanol–water partition coefficient (Wildman–Crippen LogP) is 1.45. The second-order valence-electron chi connectivity index (χ2n) is 6.70. The fraction of sp³-hybridized carbons (Fsp3) is 0.368. The summed E-state index contributed by atoms with van der Waals surface area (Å²) in [4.78, 5) is 8.99. The molecule has 0 aliphatic carbocycles. The zero-order chi connectivity index (χ0) is 17.8. The molecule has 26 heavy (non-hydrogen) atoms. The van der Waals surface area contributed by atoms with Gasteiger partial charge in [-0.05, 0) is 40.7 Å². The van der Waals surface area contributed by atoms with Gasteiger partial charge in [-0.1, -0.05) is 30.3 Å². The summed E-state index contributed by atoms with van der Waals surface area (Å²) in [7, 11) is 2.16. The van der Waals surface area contributed by atoms with Crippen molar-refractivity contribution in [2.75, 3.05) is 33.2 Å². The van der Waals surface area contributed by atoms with Crippen LogP contribution in [-0.2, 0) is 6.54 Å². The molecule has 1 atom stereocenters. The molecule has 0 saturated carbocycles. The van der Waals surface area contributed by atoms with Gasteiger partial charge in [0.05, 0.1) is 12.6 Å². The van der Waals surface area contributed by atoms with Crippen molar-refractivity contribution in [1.82, 2.24) is 35.0 Å². The summed E-state index contributed by atoms with van der Waals surface area (Å²) in [6, 6.07) is 14.5. The Morgan fingerprint density at radius 2 is 1.69 bits per heavy atom. The van der Waals surface area contributed by atoms with E-state index < -0.39 is 0 Å². The first kappa shape index (κ1) is 16.8. The number of tetrazole rings is 1. The highest BCUT2D eigenvalue weighted by Crippen LogP contribution is 2.27. The maximum Gasteiger partial charge on any atom is 0.173 e. The summed E-state index contributed by atoms with van der Waals surface area (Å²) in [6.45, 7) is 4.73. The Bertz CT molecular complexity index is 810. The molecular formula is C19H23N7. The highest BCUT2D eigenvalue weighted by Gasteiger charge is 2.29. The van der Waals surface area contributed by atoms with Crippen LogP contribution in [-0.4, -0.2) is 68.2 Å². The van der Waals surface area contributed by atoms with Gasteiger partial charge in [0.25, 0.3) is 0 Å². The van der Waals surface area contributed by atoms with Crippen molar-refractivity contribution in [3.8, 4) is 0 Å². The first-order chi connectivity index (χ1) is 12.8. The number of nitrogens with zero attached hydrogens (tertiary/aromatic N) is 7. The van der Waals surface area contributed by atoms with Gasteiger partial charge >= 0.3 is 0 Å². The molecule has 1 fully saturated rings. The van der Waals surface area contributed by atoms with Gasteiger partial charge in [-0.3, -0.25) is 9.88 Å². The minimum Gasteiger partial charge on any atom is -0.304 e. The summed E-state index contributed by atoms with van der Waals surface area (Å²) >= 11 is 0. The Hall–Kier alpha value is -2.64. The number of hydrogen-bond acceptors (Lipinski definition) is 6. The topological polar surface area (TPSA) is 63.0 Å². The molecule has 1 aliphatic heterocycles. The average molecular weight is 349 g/mol. The van der Waals surface area contributed by atoms with E-state index in [9.17, 15) is 0 Å². The maximum atomic E-state index is 4.41. The van der Waals surface area contributed by atoms with E-state index in [2.05, 4.69) is 61.6 Å². The van der Waals surface area contributed by atoms with Crippen LogP contribution in [0, 0.1) is 0 Å². The SMILES string of the molecule is CN1CCN(C(c2ccncc2)c2nnnn2Cc2ccccc2)CC1. The minimum absolute atomic E-state index is 0.0328. The zero-order valence-electron chi connectivity index (χ0n) is 14.9. The highest BCUT2D eigenvalue weighted by atomic mass is 15.6. The summed E-state index contributed by atoms with van der Waals surface area (Å²) in [5, 5.41) is 12.7. The summed E-state index contributed by atoms with van der Waals surface area (Å²) in [5.41, 5.74) is 2.36. The third kappa shape index (κ3) is 3.63. The van der Waals surface area contributed by atoms with Gasteiger partial charge in [-0.2, -0.15) is 0 Å². The van der Waals surface area contributed by atoms with Crippen LogP contribution >= 0.6 is 0 Å². The Balaban J connectivity index is 1.67. The smallest absolute Gasteiger partial charge is 0.173 e.